The van der Waals surface area contributed by atoms with Crippen LogP contribution in [-0.2, 0) is 10.0 Å². The Morgan fingerprint density at radius 1 is 1.21 bits per heavy atom. The van der Waals surface area contributed by atoms with Crippen LogP contribution in [0.15, 0.2) is 29.2 Å². The van der Waals surface area contributed by atoms with Crippen molar-refractivity contribution in [3.63, 3.8) is 0 Å². The van der Waals surface area contributed by atoms with Crippen LogP contribution in [0.4, 0.5) is 0 Å². The van der Waals surface area contributed by atoms with Gasteiger partial charge in [-0.05, 0) is 59.7 Å². The van der Waals surface area contributed by atoms with Crippen LogP contribution >= 0.6 is 22.6 Å². The second-order valence-electron chi connectivity index (χ2n) is 3.35. The number of benzene rings is 1. The van der Waals surface area contributed by atoms with Crippen molar-refractivity contribution < 1.29 is 8.42 Å². The number of nitrogens with one attached hydrogen (secondary N) is 1. The molecule has 0 spiro atoms. The fourth-order valence-corrected chi connectivity index (χ4v) is 2.77. The maximum Gasteiger partial charge on any atom is 0.240 e. The first-order chi connectivity index (χ1) is 6.58. The topological polar surface area (TPSA) is 46.2 Å². The van der Waals surface area contributed by atoms with E-state index in [1.165, 1.54) is 0 Å². The summed E-state index contributed by atoms with van der Waals surface area (Å²) in [7, 11) is -3.27. The summed E-state index contributed by atoms with van der Waals surface area (Å²) in [5, 5.41) is 0. The molecular formula is C9H10INO2S. The highest BCUT2D eigenvalue weighted by atomic mass is 127. The average molecular weight is 323 g/mol. The number of halogens is 1. The van der Waals surface area contributed by atoms with Gasteiger partial charge in [-0.1, -0.05) is 0 Å². The van der Waals surface area contributed by atoms with E-state index in [-0.39, 0.29) is 6.04 Å². The molecule has 1 aromatic carbocycles. The van der Waals surface area contributed by atoms with E-state index in [4.69, 9.17) is 0 Å². The maximum absolute atomic E-state index is 11.7. The molecule has 1 fully saturated rings. The van der Waals surface area contributed by atoms with Crippen molar-refractivity contribution in [2.75, 3.05) is 0 Å². The molecule has 0 aliphatic heterocycles. The van der Waals surface area contributed by atoms with E-state index >= 15 is 0 Å². The van der Waals surface area contributed by atoms with Gasteiger partial charge in [-0.3, -0.25) is 0 Å². The van der Waals surface area contributed by atoms with Gasteiger partial charge >= 0.3 is 0 Å². The van der Waals surface area contributed by atoms with Crippen molar-refractivity contribution in [2.45, 2.75) is 23.8 Å². The van der Waals surface area contributed by atoms with Gasteiger partial charge in [0.05, 0.1) is 4.90 Å². The molecule has 14 heavy (non-hydrogen) atoms. The summed E-state index contributed by atoms with van der Waals surface area (Å²) >= 11 is 2.15. The van der Waals surface area contributed by atoms with Gasteiger partial charge in [0.25, 0.3) is 0 Å². The van der Waals surface area contributed by atoms with Crippen molar-refractivity contribution in [3.05, 3.63) is 27.8 Å². The predicted molar refractivity (Wildman–Crippen MR) is 62.5 cm³/mol. The van der Waals surface area contributed by atoms with Gasteiger partial charge in [-0.15, -0.1) is 0 Å². The van der Waals surface area contributed by atoms with E-state index in [1.54, 1.807) is 24.3 Å². The van der Waals surface area contributed by atoms with Crippen LogP contribution in [0.3, 0.4) is 0 Å². The standard InChI is InChI=1S/C9H10INO2S/c10-7-1-5-9(6-2-7)14(12,13)11-8-3-4-8/h1-2,5-6,8,11H,3-4H2. The van der Waals surface area contributed by atoms with Gasteiger partial charge < -0.3 is 0 Å². The zero-order valence-electron chi connectivity index (χ0n) is 7.40. The molecule has 1 aliphatic rings. The van der Waals surface area contributed by atoms with E-state index in [0.29, 0.717) is 4.90 Å². The number of sulfonamides is 1. The first kappa shape index (κ1) is 10.4. The molecule has 5 heteroatoms. The van der Waals surface area contributed by atoms with Gasteiger partial charge in [0, 0.05) is 9.61 Å². The fourth-order valence-electron chi connectivity index (χ4n) is 1.10. The molecule has 0 saturated heterocycles. The third kappa shape index (κ3) is 2.46. The summed E-state index contributed by atoms with van der Waals surface area (Å²) in [6, 6.07) is 7.02. The second kappa shape index (κ2) is 3.79. The molecule has 0 aromatic heterocycles. The van der Waals surface area contributed by atoms with E-state index in [9.17, 15) is 8.42 Å². The fraction of sp³-hybridized carbons (Fsp3) is 0.333. The Hall–Kier alpha value is -0.140. The molecule has 0 radical (unpaired) electrons. The van der Waals surface area contributed by atoms with Crippen molar-refractivity contribution in [3.8, 4) is 0 Å². The lowest BCUT2D eigenvalue weighted by molar-refractivity contribution is 0.581. The Morgan fingerprint density at radius 2 is 1.79 bits per heavy atom. The molecule has 0 bridgehead atoms. The number of hydrogen-bond acceptors (Lipinski definition) is 2. The summed E-state index contributed by atoms with van der Waals surface area (Å²) < 4.78 is 27.0. The van der Waals surface area contributed by atoms with Crippen LogP contribution in [0.5, 0.6) is 0 Å². The molecule has 1 saturated carbocycles. The van der Waals surface area contributed by atoms with Crippen LogP contribution in [0.1, 0.15) is 12.8 Å². The second-order valence-corrected chi connectivity index (χ2v) is 6.31. The Kier molecular flexibility index (Phi) is 2.81. The highest BCUT2D eigenvalue weighted by molar-refractivity contribution is 14.1. The number of hydrogen-bond donors (Lipinski definition) is 1. The normalized spacial score (nSPS) is 16.9. The molecule has 2 rings (SSSR count). The van der Waals surface area contributed by atoms with E-state index in [0.717, 1.165) is 16.4 Å². The van der Waals surface area contributed by atoms with Crippen molar-refractivity contribution >= 4 is 32.6 Å². The van der Waals surface area contributed by atoms with Gasteiger partial charge in [-0.2, -0.15) is 0 Å². The smallest absolute Gasteiger partial charge is 0.208 e. The lowest BCUT2D eigenvalue weighted by atomic mass is 10.4. The lowest BCUT2D eigenvalue weighted by Gasteiger charge is -2.04. The van der Waals surface area contributed by atoms with Crippen molar-refractivity contribution in [1.29, 1.82) is 0 Å². The molecule has 1 N–H and O–H groups in total. The summed E-state index contributed by atoms with van der Waals surface area (Å²) in [5.41, 5.74) is 0. The largest absolute Gasteiger partial charge is 0.240 e. The average Bonchev–Trinajstić information content (AvgIpc) is 2.88. The third-order valence-electron chi connectivity index (χ3n) is 2.02. The molecule has 0 heterocycles. The van der Waals surface area contributed by atoms with Gasteiger partial charge in [0.1, 0.15) is 0 Å². The molecule has 0 amide bonds. The molecule has 1 aromatic rings. The summed E-state index contributed by atoms with van der Waals surface area (Å²) in [4.78, 5) is 0.352. The molecular weight excluding hydrogens is 313 g/mol. The minimum atomic E-state index is -3.27. The van der Waals surface area contributed by atoms with Gasteiger partial charge in [0.2, 0.25) is 10.0 Å². The zero-order chi connectivity index (χ0) is 10.2. The quantitative estimate of drug-likeness (QED) is 0.861. The highest BCUT2D eigenvalue weighted by Crippen LogP contribution is 2.22. The third-order valence-corrected chi connectivity index (χ3v) is 4.28. The van der Waals surface area contributed by atoms with Crippen LogP contribution < -0.4 is 4.72 Å². The summed E-state index contributed by atoms with van der Waals surface area (Å²) in [6.45, 7) is 0. The van der Waals surface area contributed by atoms with Crippen LogP contribution in [0.2, 0.25) is 0 Å². The van der Waals surface area contributed by atoms with E-state index < -0.39 is 10.0 Å². The molecule has 1 aliphatic carbocycles. The predicted octanol–water partition coefficient (Wildman–Crippen LogP) is 1.73. The Bertz CT molecular complexity index is 423. The van der Waals surface area contributed by atoms with Crippen LogP contribution in [0.25, 0.3) is 0 Å². The number of rotatable bonds is 3. The van der Waals surface area contributed by atoms with Crippen LogP contribution in [0, 0.1) is 3.57 Å². The summed E-state index contributed by atoms with van der Waals surface area (Å²) in [5.74, 6) is 0. The van der Waals surface area contributed by atoms with Crippen LogP contribution in [-0.4, -0.2) is 14.5 Å². The van der Waals surface area contributed by atoms with E-state index in [2.05, 4.69) is 27.3 Å². The first-order valence-corrected chi connectivity index (χ1v) is 6.92. The SMILES string of the molecule is O=S(=O)(NC1CC1)c1ccc(I)cc1. The maximum atomic E-state index is 11.7. The first-order valence-electron chi connectivity index (χ1n) is 4.36. The Balaban J connectivity index is 2.24. The monoisotopic (exact) mass is 323 g/mol. The minimum absolute atomic E-state index is 0.166. The van der Waals surface area contributed by atoms with Crippen molar-refractivity contribution in [2.24, 2.45) is 0 Å². The molecule has 3 nitrogen and oxygen atoms in total. The Morgan fingerprint density at radius 3 is 2.29 bits per heavy atom. The molecule has 76 valence electrons. The Labute approximate surface area is 97.1 Å². The molecule has 0 atom stereocenters. The lowest BCUT2D eigenvalue weighted by Crippen LogP contribution is -2.25. The van der Waals surface area contributed by atoms with Gasteiger partial charge in [-0.25, -0.2) is 13.1 Å². The van der Waals surface area contributed by atoms with Crippen molar-refractivity contribution in [1.82, 2.24) is 4.72 Å². The zero-order valence-corrected chi connectivity index (χ0v) is 10.4. The van der Waals surface area contributed by atoms with Gasteiger partial charge in [0.15, 0.2) is 0 Å². The highest BCUT2D eigenvalue weighted by Gasteiger charge is 2.27. The minimum Gasteiger partial charge on any atom is -0.208 e. The molecule has 0 unspecified atom stereocenters. The summed E-state index contributed by atoms with van der Waals surface area (Å²) in [6.07, 6.45) is 1.92. The van der Waals surface area contributed by atoms with E-state index in [1.807, 2.05) is 0 Å².